The van der Waals surface area contributed by atoms with Crippen LogP contribution in [0.4, 0.5) is 0 Å². The van der Waals surface area contributed by atoms with Gasteiger partial charge in [0.05, 0.1) is 10.8 Å². The van der Waals surface area contributed by atoms with Crippen LogP contribution in [-0.2, 0) is 24.3 Å². The summed E-state index contributed by atoms with van der Waals surface area (Å²) in [6, 6.07) is 5.91. The molecular formula is C18H25ClN2O5S. The van der Waals surface area contributed by atoms with Crippen LogP contribution in [-0.4, -0.2) is 49.8 Å². The zero-order valence-corrected chi connectivity index (χ0v) is 17.3. The monoisotopic (exact) mass is 416 g/mol. The van der Waals surface area contributed by atoms with Gasteiger partial charge in [0, 0.05) is 23.7 Å². The summed E-state index contributed by atoms with van der Waals surface area (Å²) in [5.74, 6) is -1.55. The first-order valence-corrected chi connectivity index (χ1v) is 10.5. The number of esters is 1. The number of benzene rings is 1. The average molecular weight is 417 g/mol. The first-order valence-electron chi connectivity index (χ1n) is 8.72. The number of piperidine rings is 1. The second kappa shape index (κ2) is 8.58. The van der Waals surface area contributed by atoms with E-state index >= 15 is 0 Å². The van der Waals surface area contributed by atoms with E-state index in [2.05, 4.69) is 5.32 Å². The van der Waals surface area contributed by atoms with Crippen LogP contribution in [0.3, 0.4) is 0 Å². The van der Waals surface area contributed by atoms with E-state index in [1.165, 1.54) is 28.6 Å². The number of halogens is 1. The van der Waals surface area contributed by atoms with Crippen LogP contribution in [0.1, 0.15) is 33.6 Å². The van der Waals surface area contributed by atoms with E-state index in [-0.39, 0.29) is 18.0 Å². The molecule has 1 aliphatic rings. The molecular weight excluding hydrogens is 392 g/mol. The molecule has 9 heteroatoms. The van der Waals surface area contributed by atoms with E-state index < -0.39 is 33.4 Å². The summed E-state index contributed by atoms with van der Waals surface area (Å²) in [5, 5.41) is 3.15. The molecule has 1 N–H and O–H groups in total. The van der Waals surface area contributed by atoms with E-state index in [0.29, 0.717) is 24.4 Å². The van der Waals surface area contributed by atoms with Gasteiger partial charge in [-0.2, -0.15) is 4.31 Å². The van der Waals surface area contributed by atoms with Gasteiger partial charge in [-0.3, -0.25) is 9.59 Å². The Morgan fingerprint density at radius 1 is 1.26 bits per heavy atom. The molecule has 0 bridgehead atoms. The molecule has 0 aromatic heterocycles. The standard InChI is InChI=1S/C18H25ClN2O5S/c1-18(2,3)20-16(22)12-26-17(23)13-5-4-10-21(11-13)27(24,25)15-8-6-14(19)7-9-15/h6-9,13H,4-5,10-12H2,1-3H3,(H,20,22). The molecule has 1 unspecified atom stereocenters. The summed E-state index contributed by atoms with van der Waals surface area (Å²) >= 11 is 5.81. The lowest BCUT2D eigenvalue weighted by atomic mass is 10.00. The van der Waals surface area contributed by atoms with Gasteiger partial charge in [-0.1, -0.05) is 11.6 Å². The van der Waals surface area contributed by atoms with Crippen LogP contribution in [0.5, 0.6) is 0 Å². The van der Waals surface area contributed by atoms with Gasteiger partial charge >= 0.3 is 5.97 Å². The van der Waals surface area contributed by atoms with Crippen LogP contribution in [0.2, 0.25) is 5.02 Å². The number of hydrogen-bond acceptors (Lipinski definition) is 5. The summed E-state index contributed by atoms with van der Waals surface area (Å²) < 4.78 is 31.9. The third kappa shape index (κ3) is 6.19. The van der Waals surface area contributed by atoms with E-state index in [1.54, 1.807) is 0 Å². The molecule has 1 fully saturated rings. The maximum atomic E-state index is 12.8. The highest BCUT2D eigenvalue weighted by molar-refractivity contribution is 7.89. The number of carbonyl (C=O) groups excluding carboxylic acids is 2. The predicted molar refractivity (Wildman–Crippen MR) is 102 cm³/mol. The van der Waals surface area contributed by atoms with Crippen molar-refractivity contribution in [2.75, 3.05) is 19.7 Å². The maximum Gasteiger partial charge on any atom is 0.310 e. The van der Waals surface area contributed by atoms with E-state index in [0.717, 1.165) is 0 Å². The Balaban J connectivity index is 1.97. The minimum Gasteiger partial charge on any atom is -0.455 e. The molecule has 1 atom stereocenters. The number of rotatable bonds is 5. The minimum absolute atomic E-state index is 0.0324. The molecule has 0 radical (unpaired) electrons. The number of nitrogens with one attached hydrogen (secondary N) is 1. The van der Waals surface area contributed by atoms with Crippen LogP contribution in [0.15, 0.2) is 29.2 Å². The molecule has 2 rings (SSSR count). The molecule has 0 aliphatic carbocycles. The van der Waals surface area contributed by atoms with Gasteiger partial charge in [-0.05, 0) is 57.9 Å². The van der Waals surface area contributed by atoms with Crippen LogP contribution >= 0.6 is 11.6 Å². The summed E-state index contributed by atoms with van der Waals surface area (Å²) in [5.41, 5.74) is -0.419. The van der Waals surface area contributed by atoms with Gasteiger partial charge in [0.15, 0.2) is 6.61 Å². The molecule has 150 valence electrons. The van der Waals surface area contributed by atoms with Gasteiger partial charge in [-0.15, -0.1) is 0 Å². The van der Waals surface area contributed by atoms with Crippen molar-refractivity contribution in [1.82, 2.24) is 9.62 Å². The summed E-state index contributed by atoms with van der Waals surface area (Å²) in [4.78, 5) is 24.2. The van der Waals surface area contributed by atoms with Crippen LogP contribution < -0.4 is 5.32 Å². The Kier molecular flexibility index (Phi) is 6.88. The maximum absolute atomic E-state index is 12.8. The van der Waals surface area contributed by atoms with Crippen LogP contribution in [0, 0.1) is 5.92 Å². The molecule has 1 aromatic rings. The van der Waals surface area contributed by atoms with E-state index in [4.69, 9.17) is 16.3 Å². The number of carbonyl (C=O) groups is 2. The van der Waals surface area contributed by atoms with Gasteiger partial charge in [0.1, 0.15) is 0 Å². The van der Waals surface area contributed by atoms with Crippen molar-refractivity contribution in [2.45, 2.75) is 44.0 Å². The fourth-order valence-electron chi connectivity index (χ4n) is 2.82. The third-order valence-corrected chi connectivity index (χ3v) is 6.16. The smallest absolute Gasteiger partial charge is 0.310 e. The second-order valence-corrected chi connectivity index (χ2v) is 9.94. The van der Waals surface area contributed by atoms with Crippen molar-refractivity contribution in [3.63, 3.8) is 0 Å². The first kappa shape index (κ1) is 21.7. The number of hydrogen-bond donors (Lipinski definition) is 1. The van der Waals surface area contributed by atoms with Gasteiger partial charge < -0.3 is 10.1 Å². The lowest BCUT2D eigenvalue weighted by Crippen LogP contribution is -2.45. The minimum atomic E-state index is -3.71. The van der Waals surface area contributed by atoms with Gasteiger partial charge in [-0.25, -0.2) is 8.42 Å². The molecule has 1 aromatic carbocycles. The Morgan fingerprint density at radius 3 is 2.48 bits per heavy atom. The summed E-state index contributed by atoms with van der Waals surface area (Å²) in [6.45, 7) is 5.47. The zero-order chi connectivity index (χ0) is 20.2. The Bertz CT molecular complexity index is 787. The SMILES string of the molecule is CC(C)(C)NC(=O)COC(=O)C1CCCN(S(=O)(=O)c2ccc(Cl)cc2)C1. The van der Waals surface area contributed by atoms with Crippen molar-refractivity contribution >= 4 is 33.5 Å². The van der Waals surface area contributed by atoms with Crippen molar-refractivity contribution < 1.29 is 22.7 Å². The Hall–Kier alpha value is -1.64. The zero-order valence-electron chi connectivity index (χ0n) is 15.7. The fourth-order valence-corrected chi connectivity index (χ4v) is 4.47. The summed E-state index contributed by atoms with van der Waals surface area (Å²) in [6.07, 6.45) is 1.06. The van der Waals surface area contributed by atoms with Crippen molar-refractivity contribution in [3.8, 4) is 0 Å². The number of amides is 1. The largest absolute Gasteiger partial charge is 0.455 e. The van der Waals surface area contributed by atoms with Gasteiger partial charge in [0.2, 0.25) is 10.0 Å². The van der Waals surface area contributed by atoms with E-state index in [1.807, 2.05) is 20.8 Å². The average Bonchev–Trinajstić information content (AvgIpc) is 2.58. The van der Waals surface area contributed by atoms with Crippen molar-refractivity contribution in [3.05, 3.63) is 29.3 Å². The number of ether oxygens (including phenoxy) is 1. The molecule has 27 heavy (non-hydrogen) atoms. The molecule has 0 saturated carbocycles. The Labute approximate surface area is 165 Å². The lowest BCUT2D eigenvalue weighted by Gasteiger charge is -2.30. The second-order valence-electron chi connectivity index (χ2n) is 7.56. The Morgan fingerprint density at radius 2 is 1.89 bits per heavy atom. The molecule has 1 saturated heterocycles. The van der Waals surface area contributed by atoms with Crippen molar-refractivity contribution in [1.29, 1.82) is 0 Å². The van der Waals surface area contributed by atoms with Crippen molar-refractivity contribution in [2.24, 2.45) is 5.92 Å². The lowest BCUT2D eigenvalue weighted by molar-refractivity contribution is -0.154. The molecule has 1 amide bonds. The fraction of sp³-hybridized carbons (Fsp3) is 0.556. The highest BCUT2D eigenvalue weighted by Gasteiger charge is 2.34. The molecule has 7 nitrogen and oxygen atoms in total. The first-order chi connectivity index (χ1) is 12.5. The molecule has 1 heterocycles. The topological polar surface area (TPSA) is 92.8 Å². The van der Waals surface area contributed by atoms with E-state index in [9.17, 15) is 18.0 Å². The molecule has 0 spiro atoms. The normalized spacial score (nSPS) is 18.7. The third-order valence-electron chi connectivity index (χ3n) is 4.03. The number of sulfonamides is 1. The molecule has 1 aliphatic heterocycles. The van der Waals surface area contributed by atoms with Gasteiger partial charge in [0.25, 0.3) is 5.91 Å². The quantitative estimate of drug-likeness (QED) is 0.743. The highest BCUT2D eigenvalue weighted by Crippen LogP contribution is 2.25. The highest BCUT2D eigenvalue weighted by atomic mass is 35.5. The summed E-state index contributed by atoms with van der Waals surface area (Å²) in [7, 11) is -3.71. The predicted octanol–water partition coefficient (Wildman–Crippen LogP) is 2.20. The number of nitrogens with zero attached hydrogens (tertiary/aromatic N) is 1. The van der Waals surface area contributed by atoms with Crippen LogP contribution in [0.25, 0.3) is 0 Å².